The summed E-state index contributed by atoms with van der Waals surface area (Å²) in [6.07, 6.45) is 0. The highest BCUT2D eigenvalue weighted by molar-refractivity contribution is 5.99. The van der Waals surface area contributed by atoms with Gasteiger partial charge < -0.3 is 14.4 Å². The summed E-state index contributed by atoms with van der Waals surface area (Å²) in [5.41, 5.74) is -1.25. The first-order valence-electron chi connectivity index (χ1n) is 5.37. The van der Waals surface area contributed by atoms with Crippen molar-refractivity contribution in [3.05, 3.63) is 0 Å². The summed E-state index contributed by atoms with van der Waals surface area (Å²) in [4.78, 5) is 25.3. The topological polar surface area (TPSA) is 55.8 Å². The summed E-state index contributed by atoms with van der Waals surface area (Å²) >= 11 is 0. The molecule has 16 heavy (non-hydrogen) atoms. The smallest absolute Gasteiger partial charge is 0.324 e. The minimum atomic E-state index is -1.25. The molecule has 0 aliphatic rings. The Morgan fingerprint density at radius 3 is 1.69 bits per heavy atom. The lowest BCUT2D eigenvalue weighted by Gasteiger charge is -2.27. The lowest BCUT2D eigenvalue weighted by atomic mass is 9.90. The molecule has 0 aliphatic heterocycles. The van der Waals surface area contributed by atoms with E-state index in [1.54, 1.807) is 39.8 Å². The van der Waals surface area contributed by atoms with Crippen LogP contribution in [0.15, 0.2) is 0 Å². The highest BCUT2D eigenvalue weighted by Crippen LogP contribution is 2.21. The molecule has 0 heterocycles. The van der Waals surface area contributed by atoms with Crippen molar-refractivity contribution in [2.75, 3.05) is 33.9 Å². The Kier molecular flexibility index (Phi) is 6.03. The SMILES string of the molecule is CCOC(=O)C(C)(CN(C)C)C(=O)OCC. The lowest BCUT2D eigenvalue weighted by molar-refractivity contribution is -0.171. The number of esters is 2. The summed E-state index contributed by atoms with van der Waals surface area (Å²) in [5.74, 6) is -1.08. The van der Waals surface area contributed by atoms with Gasteiger partial charge in [-0.2, -0.15) is 0 Å². The fraction of sp³-hybridized carbons (Fsp3) is 0.818. The second-order valence-corrected chi connectivity index (χ2v) is 4.01. The van der Waals surface area contributed by atoms with Crippen LogP contribution in [0.1, 0.15) is 20.8 Å². The number of hydrogen-bond acceptors (Lipinski definition) is 5. The number of carbonyl (C=O) groups is 2. The molecule has 0 atom stereocenters. The van der Waals surface area contributed by atoms with Crippen LogP contribution in [0.25, 0.3) is 0 Å². The monoisotopic (exact) mass is 231 g/mol. The summed E-state index contributed by atoms with van der Waals surface area (Å²) < 4.78 is 9.82. The van der Waals surface area contributed by atoms with E-state index < -0.39 is 17.4 Å². The van der Waals surface area contributed by atoms with Gasteiger partial charge in [-0.1, -0.05) is 0 Å². The van der Waals surface area contributed by atoms with Crippen molar-refractivity contribution < 1.29 is 19.1 Å². The van der Waals surface area contributed by atoms with Gasteiger partial charge in [0.15, 0.2) is 5.41 Å². The Hall–Kier alpha value is -1.10. The third kappa shape index (κ3) is 3.81. The second-order valence-electron chi connectivity index (χ2n) is 4.01. The molecule has 0 unspecified atom stereocenters. The average Bonchev–Trinajstić information content (AvgIpc) is 2.17. The highest BCUT2D eigenvalue weighted by Gasteiger charge is 2.44. The van der Waals surface area contributed by atoms with Crippen molar-refractivity contribution >= 4 is 11.9 Å². The van der Waals surface area contributed by atoms with Gasteiger partial charge in [0.05, 0.1) is 13.2 Å². The molecule has 0 N–H and O–H groups in total. The third-order valence-corrected chi connectivity index (χ3v) is 2.08. The maximum absolute atomic E-state index is 11.8. The average molecular weight is 231 g/mol. The quantitative estimate of drug-likeness (QED) is 0.497. The van der Waals surface area contributed by atoms with Crippen LogP contribution in [-0.2, 0) is 19.1 Å². The molecule has 0 saturated carbocycles. The van der Waals surface area contributed by atoms with Crippen LogP contribution in [-0.4, -0.2) is 50.7 Å². The van der Waals surface area contributed by atoms with Crippen molar-refractivity contribution in [3.63, 3.8) is 0 Å². The first-order valence-corrected chi connectivity index (χ1v) is 5.37. The number of hydrogen-bond donors (Lipinski definition) is 0. The largest absolute Gasteiger partial charge is 0.465 e. The van der Waals surface area contributed by atoms with E-state index in [-0.39, 0.29) is 19.8 Å². The third-order valence-electron chi connectivity index (χ3n) is 2.08. The minimum absolute atomic E-state index is 0.251. The fourth-order valence-corrected chi connectivity index (χ4v) is 1.43. The predicted molar refractivity (Wildman–Crippen MR) is 59.9 cm³/mol. The van der Waals surface area contributed by atoms with Crippen LogP contribution >= 0.6 is 0 Å². The van der Waals surface area contributed by atoms with E-state index in [1.807, 2.05) is 0 Å². The van der Waals surface area contributed by atoms with Gasteiger partial charge in [0.25, 0.3) is 0 Å². The zero-order valence-corrected chi connectivity index (χ0v) is 10.7. The molecular formula is C11H21NO4. The number of ether oxygens (including phenoxy) is 2. The number of rotatable bonds is 6. The van der Waals surface area contributed by atoms with E-state index >= 15 is 0 Å². The maximum atomic E-state index is 11.8. The van der Waals surface area contributed by atoms with E-state index in [4.69, 9.17) is 9.47 Å². The van der Waals surface area contributed by atoms with Crippen LogP contribution in [0.5, 0.6) is 0 Å². The molecule has 0 fully saturated rings. The minimum Gasteiger partial charge on any atom is -0.465 e. The van der Waals surface area contributed by atoms with Gasteiger partial charge >= 0.3 is 11.9 Å². The normalized spacial score (nSPS) is 11.4. The molecule has 0 bridgehead atoms. The molecule has 0 aromatic heterocycles. The standard InChI is InChI=1S/C11H21NO4/c1-6-15-9(13)11(3,8-12(4)5)10(14)16-7-2/h6-8H2,1-5H3. The first-order chi connectivity index (χ1) is 7.38. The molecular weight excluding hydrogens is 210 g/mol. The van der Waals surface area contributed by atoms with Crippen molar-refractivity contribution in [1.82, 2.24) is 4.90 Å². The molecule has 0 aromatic carbocycles. The second kappa shape index (κ2) is 6.48. The predicted octanol–water partition coefficient (Wildman–Crippen LogP) is 0.681. The van der Waals surface area contributed by atoms with Crippen LogP contribution in [0.4, 0.5) is 0 Å². The maximum Gasteiger partial charge on any atom is 0.324 e. The van der Waals surface area contributed by atoms with Crippen molar-refractivity contribution in [3.8, 4) is 0 Å². The van der Waals surface area contributed by atoms with E-state index in [1.165, 1.54) is 0 Å². The van der Waals surface area contributed by atoms with Gasteiger partial charge in [0.2, 0.25) is 0 Å². The van der Waals surface area contributed by atoms with E-state index in [0.717, 1.165) is 0 Å². The molecule has 5 nitrogen and oxygen atoms in total. The molecule has 0 saturated heterocycles. The number of nitrogens with zero attached hydrogens (tertiary/aromatic N) is 1. The molecule has 0 aromatic rings. The Morgan fingerprint density at radius 1 is 1.06 bits per heavy atom. The molecule has 0 rings (SSSR count). The van der Waals surface area contributed by atoms with E-state index in [9.17, 15) is 9.59 Å². The molecule has 94 valence electrons. The van der Waals surface area contributed by atoms with E-state index in [0.29, 0.717) is 0 Å². The van der Waals surface area contributed by atoms with Crippen LogP contribution in [0, 0.1) is 5.41 Å². The van der Waals surface area contributed by atoms with E-state index in [2.05, 4.69) is 0 Å². The van der Waals surface area contributed by atoms with Crippen molar-refractivity contribution in [2.24, 2.45) is 5.41 Å². The van der Waals surface area contributed by atoms with Crippen LogP contribution < -0.4 is 0 Å². The zero-order chi connectivity index (χ0) is 12.8. The van der Waals surface area contributed by atoms with Gasteiger partial charge in [-0.15, -0.1) is 0 Å². The summed E-state index contributed by atoms with van der Waals surface area (Å²) in [6.45, 7) is 5.73. The summed E-state index contributed by atoms with van der Waals surface area (Å²) in [6, 6.07) is 0. The summed E-state index contributed by atoms with van der Waals surface area (Å²) in [5, 5.41) is 0. The molecule has 0 spiro atoms. The molecule has 0 aliphatic carbocycles. The van der Waals surface area contributed by atoms with Gasteiger partial charge in [-0.3, -0.25) is 9.59 Å². The van der Waals surface area contributed by atoms with Crippen LogP contribution in [0.2, 0.25) is 0 Å². The Morgan fingerprint density at radius 2 is 1.44 bits per heavy atom. The molecule has 5 heteroatoms. The van der Waals surface area contributed by atoms with Crippen molar-refractivity contribution in [1.29, 1.82) is 0 Å². The Labute approximate surface area is 96.7 Å². The van der Waals surface area contributed by atoms with Gasteiger partial charge in [-0.25, -0.2) is 0 Å². The summed E-state index contributed by atoms with van der Waals surface area (Å²) in [7, 11) is 3.58. The lowest BCUT2D eigenvalue weighted by Crippen LogP contribution is -2.46. The van der Waals surface area contributed by atoms with Gasteiger partial charge in [0, 0.05) is 6.54 Å². The van der Waals surface area contributed by atoms with Gasteiger partial charge in [-0.05, 0) is 34.9 Å². The van der Waals surface area contributed by atoms with Crippen LogP contribution in [0.3, 0.4) is 0 Å². The number of carbonyl (C=O) groups excluding carboxylic acids is 2. The fourth-order valence-electron chi connectivity index (χ4n) is 1.43. The zero-order valence-electron chi connectivity index (χ0n) is 10.7. The van der Waals surface area contributed by atoms with Crippen molar-refractivity contribution in [2.45, 2.75) is 20.8 Å². The van der Waals surface area contributed by atoms with Gasteiger partial charge in [0.1, 0.15) is 0 Å². The Bertz CT molecular complexity index is 232. The first kappa shape index (κ1) is 14.9. The highest BCUT2D eigenvalue weighted by atomic mass is 16.6. The molecule has 0 radical (unpaired) electrons. The Balaban J connectivity index is 4.86. The molecule has 0 amide bonds.